The van der Waals surface area contributed by atoms with Gasteiger partial charge in [-0.3, -0.25) is 4.79 Å². The van der Waals surface area contributed by atoms with Crippen molar-refractivity contribution < 1.29 is 27.4 Å². The Bertz CT molecular complexity index is 915. The summed E-state index contributed by atoms with van der Waals surface area (Å²) in [5.74, 6) is -0.304. The lowest BCUT2D eigenvalue weighted by Crippen LogP contribution is -2.17. The fourth-order valence-electron chi connectivity index (χ4n) is 2.36. The third-order valence-corrected chi connectivity index (χ3v) is 3.58. The molecule has 0 aliphatic carbocycles. The zero-order chi connectivity index (χ0) is 20.0. The molecule has 27 heavy (non-hydrogen) atoms. The Kier molecular flexibility index (Phi) is 6.08. The van der Waals surface area contributed by atoms with Crippen molar-refractivity contribution in [1.29, 1.82) is 5.26 Å². The highest BCUT2D eigenvalue weighted by molar-refractivity contribution is 6.10. The number of halogens is 3. The summed E-state index contributed by atoms with van der Waals surface area (Å²) in [6, 6.07) is 11.0. The summed E-state index contributed by atoms with van der Waals surface area (Å²) in [6.45, 7) is 0. The van der Waals surface area contributed by atoms with Gasteiger partial charge >= 0.3 is 6.18 Å². The maximum atomic E-state index is 13.0. The van der Waals surface area contributed by atoms with Crippen LogP contribution in [0.1, 0.15) is 11.1 Å². The number of hydrogen-bond acceptors (Lipinski definition) is 4. The second-order valence-corrected chi connectivity index (χ2v) is 5.25. The number of amides is 1. The second kappa shape index (κ2) is 8.27. The molecule has 2 aromatic carbocycles. The predicted octanol–water partition coefficient (Wildman–Crippen LogP) is 4.27. The highest BCUT2D eigenvalue weighted by Crippen LogP contribution is 2.35. The lowest BCUT2D eigenvalue weighted by atomic mass is 10.1. The summed E-state index contributed by atoms with van der Waals surface area (Å²) in [5, 5.41) is 11.4. The first-order chi connectivity index (χ1) is 12.8. The van der Waals surface area contributed by atoms with Crippen molar-refractivity contribution in [1.82, 2.24) is 0 Å². The maximum Gasteiger partial charge on any atom is 0.418 e. The molecule has 0 spiro atoms. The van der Waals surface area contributed by atoms with Crippen LogP contribution in [0.2, 0.25) is 0 Å². The average Bonchev–Trinajstić information content (AvgIpc) is 2.65. The van der Waals surface area contributed by atoms with Crippen LogP contribution in [0, 0.1) is 11.3 Å². The van der Waals surface area contributed by atoms with Gasteiger partial charge < -0.3 is 14.8 Å². The SMILES string of the molecule is COc1cccc(C=C(C#N)C(=O)Nc2ccccc2C(F)(F)F)c1OC. The molecule has 0 bridgehead atoms. The van der Waals surface area contributed by atoms with Crippen molar-refractivity contribution in [3.05, 3.63) is 59.2 Å². The molecule has 8 heteroatoms. The Morgan fingerprint density at radius 2 is 1.81 bits per heavy atom. The van der Waals surface area contributed by atoms with Gasteiger partial charge in [0.2, 0.25) is 0 Å². The minimum Gasteiger partial charge on any atom is -0.493 e. The molecule has 0 saturated heterocycles. The van der Waals surface area contributed by atoms with Gasteiger partial charge in [0.15, 0.2) is 11.5 Å². The standard InChI is InChI=1S/C19H15F3N2O3/c1-26-16-9-5-6-12(17(16)27-2)10-13(11-23)18(25)24-15-8-4-3-7-14(15)19(20,21)22/h3-10H,1-2H3,(H,24,25). The van der Waals surface area contributed by atoms with E-state index in [9.17, 15) is 23.2 Å². The highest BCUT2D eigenvalue weighted by atomic mass is 19.4. The topological polar surface area (TPSA) is 71.3 Å². The van der Waals surface area contributed by atoms with Crippen molar-refractivity contribution in [2.45, 2.75) is 6.18 Å². The van der Waals surface area contributed by atoms with E-state index in [0.717, 1.165) is 12.1 Å². The molecule has 0 aliphatic heterocycles. The van der Waals surface area contributed by atoms with E-state index in [1.165, 1.54) is 32.4 Å². The summed E-state index contributed by atoms with van der Waals surface area (Å²) < 4.78 is 49.5. The number of alkyl halides is 3. The summed E-state index contributed by atoms with van der Waals surface area (Å²) >= 11 is 0. The van der Waals surface area contributed by atoms with Crippen LogP contribution >= 0.6 is 0 Å². The molecule has 0 aliphatic rings. The molecule has 0 atom stereocenters. The molecule has 1 amide bonds. The number of methoxy groups -OCH3 is 2. The van der Waals surface area contributed by atoms with Crippen LogP contribution in [-0.4, -0.2) is 20.1 Å². The van der Waals surface area contributed by atoms with Crippen LogP contribution in [-0.2, 0) is 11.0 Å². The van der Waals surface area contributed by atoms with Gasteiger partial charge in [0.25, 0.3) is 5.91 Å². The van der Waals surface area contributed by atoms with Gasteiger partial charge in [-0.2, -0.15) is 18.4 Å². The maximum absolute atomic E-state index is 13.0. The van der Waals surface area contributed by atoms with Gasteiger partial charge in [-0.1, -0.05) is 24.3 Å². The lowest BCUT2D eigenvalue weighted by Gasteiger charge is -2.13. The number of ether oxygens (including phenoxy) is 2. The van der Waals surface area contributed by atoms with Crippen molar-refractivity contribution in [2.75, 3.05) is 19.5 Å². The Hall–Kier alpha value is -3.47. The first-order valence-electron chi connectivity index (χ1n) is 7.62. The molecular formula is C19H15F3N2O3. The third-order valence-electron chi connectivity index (χ3n) is 3.58. The van der Waals surface area contributed by atoms with Crippen LogP contribution in [0.15, 0.2) is 48.0 Å². The number of nitrogens with one attached hydrogen (secondary N) is 1. The van der Waals surface area contributed by atoms with Gasteiger partial charge in [0, 0.05) is 5.56 Å². The third kappa shape index (κ3) is 4.58. The van der Waals surface area contributed by atoms with E-state index in [1.807, 2.05) is 0 Å². The number of nitrogens with zero attached hydrogens (tertiary/aromatic N) is 1. The minimum atomic E-state index is -4.64. The lowest BCUT2D eigenvalue weighted by molar-refractivity contribution is -0.137. The molecule has 0 radical (unpaired) electrons. The normalized spacial score (nSPS) is 11.5. The molecular weight excluding hydrogens is 361 g/mol. The number of benzene rings is 2. The Morgan fingerprint density at radius 1 is 1.11 bits per heavy atom. The van der Waals surface area contributed by atoms with Gasteiger partial charge in [0.05, 0.1) is 25.5 Å². The monoisotopic (exact) mass is 376 g/mol. The van der Waals surface area contributed by atoms with Crippen LogP contribution < -0.4 is 14.8 Å². The largest absolute Gasteiger partial charge is 0.493 e. The van der Waals surface area contributed by atoms with E-state index in [2.05, 4.69) is 5.32 Å². The van der Waals surface area contributed by atoms with E-state index in [1.54, 1.807) is 24.3 Å². The molecule has 2 rings (SSSR count). The molecule has 0 saturated carbocycles. The van der Waals surface area contributed by atoms with Gasteiger partial charge in [-0.05, 0) is 24.3 Å². The summed E-state index contributed by atoms with van der Waals surface area (Å²) in [4.78, 5) is 12.3. The molecule has 0 unspecified atom stereocenters. The van der Waals surface area contributed by atoms with Crippen molar-refractivity contribution in [3.63, 3.8) is 0 Å². The first kappa shape index (κ1) is 19.8. The van der Waals surface area contributed by atoms with Crippen LogP contribution in [0.4, 0.5) is 18.9 Å². The predicted molar refractivity (Wildman–Crippen MR) is 93.2 cm³/mol. The van der Waals surface area contributed by atoms with E-state index >= 15 is 0 Å². The molecule has 0 aromatic heterocycles. The van der Waals surface area contributed by atoms with Crippen LogP contribution in [0.5, 0.6) is 11.5 Å². The molecule has 0 heterocycles. The molecule has 0 fully saturated rings. The first-order valence-corrected chi connectivity index (χ1v) is 7.62. The number of rotatable bonds is 5. The second-order valence-electron chi connectivity index (χ2n) is 5.25. The zero-order valence-electron chi connectivity index (χ0n) is 14.4. The summed E-state index contributed by atoms with van der Waals surface area (Å²) in [5.41, 5.74) is -1.46. The van der Waals surface area contributed by atoms with Crippen LogP contribution in [0.25, 0.3) is 6.08 Å². The highest BCUT2D eigenvalue weighted by Gasteiger charge is 2.33. The van der Waals surface area contributed by atoms with Crippen molar-refractivity contribution >= 4 is 17.7 Å². The number of nitriles is 1. The van der Waals surface area contributed by atoms with E-state index < -0.39 is 28.9 Å². The quantitative estimate of drug-likeness (QED) is 0.625. The number of carbonyl (C=O) groups is 1. The minimum absolute atomic E-state index is 0.288. The smallest absolute Gasteiger partial charge is 0.418 e. The van der Waals surface area contributed by atoms with Crippen molar-refractivity contribution in [2.24, 2.45) is 0 Å². The van der Waals surface area contributed by atoms with Gasteiger partial charge in [-0.25, -0.2) is 0 Å². The van der Waals surface area contributed by atoms with Gasteiger partial charge in [0.1, 0.15) is 11.6 Å². The number of para-hydroxylation sites is 2. The zero-order valence-corrected chi connectivity index (χ0v) is 14.4. The van der Waals surface area contributed by atoms with E-state index in [-0.39, 0.29) is 5.75 Å². The van der Waals surface area contributed by atoms with E-state index in [4.69, 9.17) is 9.47 Å². The Labute approximate surface area is 153 Å². The fraction of sp³-hybridized carbons (Fsp3) is 0.158. The summed E-state index contributed by atoms with van der Waals surface area (Å²) in [7, 11) is 2.82. The average molecular weight is 376 g/mol. The Balaban J connectivity index is 2.39. The molecule has 2 aromatic rings. The fourth-order valence-corrected chi connectivity index (χ4v) is 2.36. The molecule has 1 N–H and O–H groups in total. The molecule has 5 nitrogen and oxygen atoms in total. The van der Waals surface area contributed by atoms with Crippen LogP contribution in [0.3, 0.4) is 0 Å². The summed E-state index contributed by atoms with van der Waals surface area (Å²) in [6.07, 6.45) is -3.43. The molecule has 140 valence electrons. The van der Waals surface area contributed by atoms with Crippen molar-refractivity contribution in [3.8, 4) is 17.6 Å². The number of anilines is 1. The number of carbonyl (C=O) groups excluding carboxylic acids is 1. The Morgan fingerprint density at radius 3 is 2.41 bits per heavy atom. The van der Waals surface area contributed by atoms with E-state index in [0.29, 0.717) is 11.3 Å². The number of hydrogen-bond donors (Lipinski definition) is 1. The van der Waals surface area contributed by atoms with Gasteiger partial charge in [-0.15, -0.1) is 0 Å².